The molecule has 0 spiro atoms. The van der Waals surface area contributed by atoms with Gasteiger partial charge in [0.15, 0.2) is 5.96 Å². The van der Waals surface area contributed by atoms with Gasteiger partial charge in [-0.3, -0.25) is 10.1 Å². The van der Waals surface area contributed by atoms with Crippen LogP contribution in [-0.2, 0) is 6.42 Å². The highest BCUT2D eigenvalue weighted by Gasteiger charge is 2.24. The molecule has 0 bridgehead atoms. The molecule has 1 aliphatic heterocycles. The largest absolute Gasteiger partial charge is 0.391 e. The molecule has 8 heteroatoms. The molecule has 1 fully saturated rings. The van der Waals surface area contributed by atoms with Crippen molar-refractivity contribution in [3.63, 3.8) is 0 Å². The first-order valence-electron chi connectivity index (χ1n) is 9.36. The number of aromatic amines is 1. The summed E-state index contributed by atoms with van der Waals surface area (Å²) in [5.74, 6) is 2.29. The van der Waals surface area contributed by atoms with E-state index in [1.807, 2.05) is 30.3 Å². The molecule has 1 aromatic heterocycles. The molecule has 3 rings (SSSR count). The second kappa shape index (κ2) is 11.2. The van der Waals surface area contributed by atoms with Gasteiger partial charge in [0.25, 0.3) is 0 Å². The first kappa shape index (κ1) is 21.6. The SMILES string of the molecule is CCNC(=NCC(O)Cc1ccccc1)N1CCC(c2ncn[nH]2)CC1.I. The van der Waals surface area contributed by atoms with Crippen LogP contribution in [0.1, 0.15) is 37.1 Å². The Morgan fingerprint density at radius 1 is 1.33 bits per heavy atom. The zero-order valence-corrected chi connectivity index (χ0v) is 18.0. The lowest BCUT2D eigenvalue weighted by Gasteiger charge is -2.33. The Bertz CT molecular complexity index is 671. The number of nitrogens with zero attached hydrogens (tertiary/aromatic N) is 4. The topological polar surface area (TPSA) is 89.4 Å². The van der Waals surface area contributed by atoms with Crippen molar-refractivity contribution in [1.29, 1.82) is 0 Å². The third-order valence-corrected chi connectivity index (χ3v) is 4.72. The number of halogens is 1. The minimum atomic E-state index is -0.474. The fourth-order valence-electron chi connectivity index (χ4n) is 3.34. The Labute approximate surface area is 177 Å². The summed E-state index contributed by atoms with van der Waals surface area (Å²) in [7, 11) is 0. The molecule has 0 radical (unpaired) electrons. The standard InChI is InChI=1S/C19H28N6O.HI/c1-2-20-19(21-13-17(26)12-15-6-4-3-5-7-15)25-10-8-16(9-11-25)18-22-14-23-24-18;/h3-7,14,16-17,26H,2,8-13H2,1H3,(H,20,21)(H,22,23,24);1H. The maximum atomic E-state index is 10.3. The van der Waals surface area contributed by atoms with Gasteiger partial charge < -0.3 is 15.3 Å². The molecular formula is C19H29IN6O. The van der Waals surface area contributed by atoms with Gasteiger partial charge in [0.2, 0.25) is 0 Å². The van der Waals surface area contributed by atoms with Crippen molar-refractivity contribution in [1.82, 2.24) is 25.4 Å². The van der Waals surface area contributed by atoms with Gasteiger partial charge in [-0.05, 0) is 25.3 Å². The number of nitrogens with one attached hydrogen (secondary N) is 2. The summed E-state index contributed by atoms with van der Waals surface area (Å²) < 4.78 is 0. The van der Waals surface area contributed by atoms with E-state index >= 15 is 0 Å². The molecule has 0 saturated carbocycles. The van der Waals surface area contributed by atoms with Crippen molar-refractivity contribution < 1.29 is 5.11 Å². The molecule has 0 amide bonds. The number of guanidine groups is 1. The van der Waals surface area contributed by atoms with E-state index in [0.717, 1.165) is 49.8 Å². The van der Waals surface area contributed by atoms with E-state index in [-0.39, 0.29) is 24.0 Å². The Morgan fingerprint density at radius 2 is 2.07 bits per heavy atom. The predicted molar refractivity (Wildman–Crippen MR) is 117 cm³/mol. The number of aromatic nitrogens is 3. The van der Waals surface area contributed by atoms with E-state index in [4.69, 9.17) is 0 Å². The molecule has 27 heavy (non-hydrogen) atoms. The molecule has 2 aromatic rings. The van der Waals surface area contributed by atoms with E-state index in [1.165, 1.54) is 0 Å². The number of hydrogen-bond donors (Lipinski definition) is 3. The lowest BCUT2D eigenvalue weighted by Crippen LogP contribution is -2.45. The van der Waals surface area contributed by atoms with Gasteiger partial charge in [-0.1, -0.05) is 30.3 Å². The number of hydrogen-bond acceptors (Lipinski definition) is 4. The summed E-state index contributed by atoms with van der Waals surface area (Å²) in [5.41, 5.74) is 1.13. The van der Waals surface area contributed by atoms with Crippen LogP contribution in [0, 0.1) is 0 Å². The maximum absolute atomic E-state index is 10.3. The van der Waals surface area contributed by atoms with Crippen LogP contribution >= 0.6 is 24.0 Å². The van der Waals surface area contributed by atoms with Gasteiger partial charge in [0, 0.05) is 32.0 Å². The summed E-state index contributed by atoms with van der Waals surface area (Å²) in [5, 5.41) is 20.6. The fourth-order valence-corrected chi connectivity index (χ4v) is 3.34. The highest BCUT2D eigenvalue weighted by molar-refractivity contribution is 14.0. The van der Waals surface area contributed by atoms with Crippen LogP contribution in [0.5, 0.6) is 0 Å². The number of aliphatic hydroxyl groups is 1. The third kappa shape index (κ3) is 6.46. The van der Waals surface area contributed by atoms with Crippen molar-refractivity contribution in [2.75, 3.05) is 26.2 Å². The highest BCUT2D eigenvalue weighted by Crippen LogP contribution is 2.24. The molecule has 3 N–H and O–H groups in total. The molecule has 7 nitrogen and oxygen atoms in total. The zero-order chi connectivity index (χ0) is 18.2. The summed E-state index contributed by atoms with van der Waals surface area (Å²) >= 11 is 0. The van der Waals surface area contributed by atoms with Crippen LogP contribution in [-0.4, -0.2) is 63.4 Å². The molecule has 148 valence electrons. The number of piperidine rings is 1. The van der Waals surface area contributed by atoms with Gasteiger partial charge in [-0.25, -0.2) is 4.98 Å². The zero-order valence-electron chi connectivity index (χ0n) is 15.7. The number of H-pyrrole nitrogens is 1. The second-order valence-electron chi connectivity index (χ2n) is 6.67. The first-order valence-corrected chi connectivity index (χ1v) is 9.36. The quantitative estimate of drug-likeness (QED) is 0.332. The molecule has 1 atom stereocenters. The predicted octanol–water partition coefficient (Wildman–Crippen LogP) is 2.17. The van der Waals surface area contributed by atoms with Gasteiger partial charge >= 0.3 is 0 Å². The van der Waals surface area contributed by atoms with Crippen LogP contribution in [0.2, 0.25) is 0 Å². The lowest BCUT2D eigenvalue weighted by atomic mass is 9.96. The van der Waals surface area contributed by atoms with E-state index in [0.29, 0.717) is 18.9 Å². The Morgan fingerprint density at radius 3 is 2.70 bits per heavy atom. The maximum Gasteiger partial charge on any atom is 0.194 e. The Hall–Kier alpha value is -1.68. The van der Waals surface area contributed by atoms with Gasteiger partial charge in [0.05, 0.1) is 12.6 Å². The van der Waals surface area contributed by atoms with Gasteiger partial charge in [-0.15, -0.1) is 24.0 Å². The number of likely N-dealkylation sites (tertiary alicyclic amines) is 1. The molecular weight excluding hydrogens is 455 g/mol. The summed E-state index contributed by atoms with van der Waals surface area (Å²) in [6.45, 7) is 5.13. The van der Waals surface area contributed by atoms with Gasteiger partial charge in [-0.2, -0.15) is 5.10 Å². The van der Waals surface area contributed by atoms with E-state index in [2.05, 4.69) is 37.3 Å². The molecule has 1 saturated heterocycles. The summed E-state index contributed by atoms with van der Waals surface area (Å²) in [6.07, 6.45) is 3.76. The second-order valence-corrected chi connectivity index (χ2v) is 6.67. The average molecular weight is 484 g/mol. The van der Waals surface area contributed by atoms with Crippen molar-refractivity contribution in [2.45, 2.75) is 38.2 Å². The van der Waals surface area contributed by atoms with Crippen molar-refractivity contribution in [2.24, 2.45) is 4.99 Å². The van der Waals surface area contributed by atoms with Crippen LogP contribution in [0.4, 0.5) is 0 Å². The Kier molecular flexibility index (Phi) is 8.99. The third-order valence-electron chi connectivity index (χ3n) is 4.72. The van der Waals surface area contributed by atoms with Crippen LogP contribution in [0.15, 0.2) is 41.7 Å². The normalized spacial score (nSPS) is 16.7. The summed E-state index contributed by atoms with van der Waals surface area (Å²) in [6, 6.07) is 10.0. The molecule has 2 heterocycles. The monoisotopic (exact) mass is 484 g/mol. The van der Waals surface area contributed by atoms with E-state index in [9.17, 15) is 5.11 Å². The van der Waals surface area contributed by atoms with E-state index in [1.54, 1.807) is 6.33 Å². The van der Waals surface area contributed by atoms with Crippen LogP contribution in [0.3, 0.4) is 0 Å². The van der Waals surface area contributed by atoms with Crippen molar-refractivity contribution in [3.8, 4) is 0 Å². The number of benzene rings is 1. The highest BCUT2D eigenvalue weighted by atomic mass is 127. The van der Waals surface area contributed by atoms with Crippen molar-refractivity contribution in [3.05, 3.63) is 48.0 Å². The Balaban J connectivity index is 0.00000261. The smallest absolute Gasteiger partial charge is 0.194 e. The average Bonchev–Trinajstić information content (AvgIpc) is 3.21. The minimum Gasteiger partial charge on any atom is -0.391 e. The lowest BCUT2D eigenvalue weighted by molar-refractivity contribution is 0.183. The fraction of sp³-hybridized carbons (Fsp3) is 0.526. The van der Waals surface area contributed by atoms with Gasteiger partial charge in [0.1, 0.15) is 12.2 Å². The van der Waals surface area contributed by atoms with E-state index < -0.39 is 6.10 Å². The molecule has 1 aliphatic rings. The number of aliphatic hydroxyl groups excluding tert-OH is 1. The number of aliphatic imine (C=N–C) groups is 1. The van der Waals surface area contributed by atoms with Crippen molar-refractivity contribution >= 4 is 29.9 Å². The first-order chi connectivity index (χ1) is 12.8. The van der Waals surface area contributed by atoms with Crippen LogP contribution < -0.4 is 5.32 Å². The summed E-state index contributed by atoms with van der Waals surface area (Å²) in [4.78, 5) is 11.2. The molecule has 1 aromatic carbocycles. The minimum absolute atomic E-state index is 0. The molecule has 1 unspecified atom stereocenters. The van der Waals surface area contributed by atoms with Crippen LogP contribution in [0.25, 0.3) is 0 Å². The molecule has 0 aliphatic carbocycles. The number of rotatable bonds is 6.